The lowest BCUT2D eigenvalue weighted by Crippen LogP contribution is -2.28. The second kappa shape index (κ2) is 6.19. The number of hydrogen-bond donors (Lipinski definition) is 1. The highest BCUT2D eigenvalue weighted by Gasteiger charge is 2.09. The van der Waals surface area contributed by atoms with Crippen molar-refractivity contribution in [3.8, 4) is 0 Å². The molecule has 2 rings (SSSR count). The maximum Gasteiger partial charge on any atom is 0.215 e. The van der Waals surface area contributed by atoms with Crippen LogP contribution in [0.1, 0.15) is 13.3 Å². The average molecular weight is 293 g/mol. The van der Waals surface area contributed by atoms with Crippen molar-refractivity contribution < 1.29 is 8.42 Å². The van der Waals surface area contributed by atoms with Gasteiger partial charge in [-0.2, -0.15) is 5.10 Å². The zero-order valence-corrected chi connectivity index (χ0v) is 12.4. The lowest BCUT2D eigenvalue weighted by Gasteiger charge is -2.07. The molecule has 0 fully saturated rings. The molecule has 0 spiro atoms. The predicted molar refractivity (Wildman–Crippen MR) is 81.0 cm³/mol. The topological polar surface area (TPSA) is 64.0 Å². The van der Waals surface area contributed by atoms with Crippen LogP contribution in [0.15, 0.2) is 42.6 Å². The van der Waals surface area contributed by atoms with Crippen molar-refractivity contribution >= 4 is 20.9 Å². The van der Waals surface area contributed by atoms with Crippen molar-refractivity contribution in [2.24, 2.45) is 0 Å². The standard InChI is InChI=1S/C14H19N3O2S/c1-12(2)11-20(18,19)16-8-5-9-17-14-7-4-3-6-13(14)10-15-17/h3-4,6-7,10,16H,1,5,8-9,11H2,2H3. The fraction of sp³-hybridized carbons (Fsp3) is 0.357. The summed E-state index contributed by atoms with van der Waals surface area (Å²) in [5.41, 5.74) is 1.70. The lowest BCUT2D eigenvalue weighted by molar-refractivity contribution is 0.561. The van der Waals surface area contributed by atoms with Gasteiger partial charge in [0.2, 0.25) is 10.0 Å². The van der Waals surface area contributed by atoms with Crippen molar-refractivity contribution in [3.63, 3.8) is 0 Å². The SMILES string of the molecule is C=C(C)CS(=O)(=O)NCCCn1ncc2ccccc21. The van der Waals surface area contributed by atoms with Crippen LogP contribution in [-0.2, 0) is 16.6 Å². The molecule has 5 nitrogen and oxygen atoms in total. The Hall–Kier alpha value is -1.66. The molecule has 1 aromatic carbocycles. The molecule has 0 unspecified atom stereocenters. The van der Waals surface area contributed by atoms with Crippen LogP contribution in [0.5, 0.6) is 0 Å². The van der Waals surface area contributed by atoms with Crippen LogP contribution in [0, 0.1) is 0 Å². The maximum absolute atomic E-state index is 11.6. The molecule has 0 atom stereocenters. The summed E-state index contributed by atoms with van der Waals surface area (Å²) >= 11 is 0. The number of aromatic nitrogens is 2. The Morgan fingerprint density at radius 2 is 2.15 bits per heavy atom. The van der Waals surface area contributed by atoms with E-state index >= 15 is 0 Å². The number of sulfonamides is 1. The van der Waals surface area contributed by atoms with Gasteiger partial charge in [0.1, 0.15) is 0 Å². The molecule has 0 saturated heterocycles. The smallest absolute Gasteiger partial charge is 0.215 e. The summed E-state index contributed by atoms with van der Waals surface area (Å²) < 4.78 is 27.7. The predicted octanol–water partition coefficient (Wildman–Crippen LogP) is 1.92. The van der Waals surface area contributed by atoms with E-state index in [1.807, 2.05) is 35.1 Å². The zero-order chi connectivity index (χ0) is 14.6. The van der Waals surface area contributed by atoms with Crippen LogP contribution in [0.2, 0.25) is 0 Å². The summed E-state index contributed by atoms with van der Waals surface area (Å²) in [7, 11) is -3.24. The van der Waals surface area contributed by atoms with Gasteiger partial charge in [0, 0.05) is 18.5 Å². The molecule has 0 saturated carbocycles. The van der Waals surface area contributed by atoms with Gasteiger partial charge < -0.3 is 0 Å². The molecule has 0 aliphatic carbocycles. The van der Waals surface area contributed by atoms with Gasteiger partial charge in [0.05, 0.1) is 17.5 Å². The van der Waals surface area contributed by atoms with E-state index in [0.717, 1.165) is 10.9 Å². The molecule has 0 aliphatic rings. The van der Waals surface area contributed by atoms with E-state index in [-0.39, 0.29) is 5.75 Å². The first-order valence-corrected chi connectivity index (χ1v) is 8.15. The lowest BCUT2D eigenvalue weighted by atomic mass is 10.2. The highest BCUT2D eigenvalue weighted by atomic mass is 32.2. The van der Waals surface area contributed by atoms with Crippen molar-refractivity contribution in [2.75, 3.05) is 12.3 Å². The van der Waals surface area contributed by atoms with Crippen LogP contribution < -0.4 is 4.72 Å². The molecule has 20 heavy (non-hydrogen) atoms. The first-order valence-electron chi connectivity index (χ1n) is 6.50. The highest BCUT2D eigenvalue weighted by molar-refractivity contribution is 7.89. The van der Waals surface area contributed by atoms with Gasteiger partial charge in [-0.1, -0.05) is 30.4 Å². The molecule has 1 N–H and O–H groups in total. The number of hydrogen-bond acceptors (Lipinski definition) is 3. The normalized spacial score (nSPS) is 11.8. The van der Waals surface area contributed by atoms with Gasteiger partial charge in [0.15, 0.2) is 0 Å². The van der Waals surface area contributed by atoms with Crippen molar-refractivity contribution in [1.82, 2.24) is 14.5 Å². The van der Waals surface area contributed by atoms with Gasteiger partial charge in [-0.15, -0.1) is 0 Å². The van der Waals surface area contributed by atoms with Gasteiger partial charge in [-0.25, -0.2) is 13.1 Å². The minimum atomic E-state index is -3.24. The Kier molecular flexibility index (Phi) is 4.57. The maximum atomic E-state index is 11.6. The van der Waals surface area contributed by atoms with Gasteiger partial charge in [-0.3, -0.25) is 4.68 Å². The first kappa shape index (κ1) is 14.7. The Labute approximate surface area is 119 Å². The molecular formula is C14H19N3O2S. The van der Waals surface area contributed by atoms with Crippen LogP contribution >= 0.6 is 0 Å². The third-order valence-corrected chi connectivity index (χ3v) is 4.37. The summed E-state index contributed by atoms with van der Waals surface area (Å²) in [5.74, 6) is -0.0162. The number of benzene rings is 1. The summed E-state index contributed by atoms with van der Waals surface area (Å²) in [6.45, 7) is 6.40. The second-order valence-electron chi connectivity index (χ2n) is 4.89. The van der Waals surface area contributed by atoms with Crippen LogP contribution in [0.25, 0.3) is 10.9 Å². The number of nitrogens with one attached hydrogen (secondary N) is 1. The molecule has 2 aromatic rings. The van der Waals surface area contributed by atoms with E-state index in [0.29, 0.717) is 25.1 Å². The number of para-hydroxylation sites is 1. The van der Waals surface area contributed by atoms with Crippen LogP contribution in [-0.4, -0.2) is 30.5 Å². The molecule has 0 bridgehead atoms. The third-order valence-electron chi connectivity index (χ3n) is 2.86. The van der Waals surface area contributed by atoms with E-state index in [1.165, 1.54) is 0 Å². The Balaban J connectivity index is 1.86. The summed E-state index contributed by atoms with van der Waals surface area (Å²) in [6.07, 6.45) is 2.52. The number of aryl methyl sites for hydroxylation is 1. The first-order chi connectivity index (χ1) is 9.48. The quantitative estimate of drug-likeness (QED) is 0.626. The Morgan fingerprint density at radius 1 is 1.40 bits per heavy atom. The number of nitrogens with zero attached hydrogens (tertiary/aromatic N) is 2. The molecule has 108 valence electrons. The molecule has 0 amide bonds. The molecule has 0 aliphatic heterocycles. The molecule has 1 aromatic heterocycles. The second-order valence-corrected chi connectivity index (χ2v) is 6.70. The molecule has 0 radical (unpaired) electrons. The average Bonchev–Trinajstić information content (AvgIpc) is 2.76. The fourth-order valence-corrected chi connectivity index (χ4v) is 3.24. The van der Waals surface area contributed by atoms with Gasteiger partial charge in [0.25, 0.3) is 0 Å². The third kappa shape index (κ3) is 3.91. The van der Waals surface area contributed by atoms with E-state index in [9.17, 15) is 8.42 Å². The monoisotopic (exact) mass is 293 g/mol. The van der Waals surface area contributed by atoms with Gasteiger partial charge >= 0.3 is 0 Å². The van der Waals surface area contributed by atoms with Crippen LogP contribution in [0.4, 0.5) is 0 Å². The largest absolute Gasteiger partial charge is 0.265 e. The summed E-state index contributed by atoms with van der Waals surface area (Å²) in [5, 5.41) is 5.40. The minimum absolute atomic E-state index is 0.0162. The fourth-order valence-electron chi connectivity index (χ4n) is 2.04. The Morgan fingerprint density at radius 3 is 2.90 bits per heavy atom. The molecular weight excluding hydrogens is 274 g/mol. The van der Waals surface area contributed by atoms with E-state index < -0.39 is 10.0 Å². The summed E-state index contributed by atoms with van der Waals surface area (Å²) in [4.78, 5) is 0. The zero-order valence-electron chi connectivity index (χ0n) is 11.5. The van der Waals surface area contributed by atoms with E-state index in [4.69, 9.17) is 0 Å². The summed E-state index contributed by atoms with van der Waals surface area (Å²) in [6, 6.07) is 7.96. The number of fused-ring (bicyclic) bond motifs is 1. The highest BCUT2D eigenvalue weighted by Crippen LogP contribution is 2.12. The van der Waals surface area contributed by atoms with Gasteiger partial charge in [-0.05, 0) is 19.4 Å². The van der Waals surface area contributed by atoms with Crippen LogP contribution in [0.3, 0.4) is 0 Å². The molecule has 1 heterocycles. The Bertz CT molecular complexity index is 704. The minimum Gasteiger partial charge on any atom is -0.265 e. The van der Waals surface area contributed by atoms with Crippen molar-refractivity contribution in [1.29, 1.82) is 0 Å². The van der Waals surface area contributed by atoms with E-state index in [2.05, 4.69) is 16.4 Å². The van der Waals surface area contributed by atoms with Crippen molar-refractivity contribution in [2.45, 2.75) is 19.9 Å². The van der Waals surface area contributed by atoms with E-state index in [1.54, 1.807) is 6.92 Å². The molecule has 6 heteroatoms. The number of rotatable bonds is 7. The van der Waals surface area contributed by atoms with Crippen molar-refractivity contribution in [3.05, 3.63) is 42.6 Å².